The predicted molar refractivity (Wildman–Crippen MR) is 85.5 cm³/mol. The molecule has 1 saturated heterocycles. The first-order valence-corrected chi connectivity index (χ1v) is 8.42. The molecule has 0 unspecified atom stereocenters. The van der Waals surface area contributed by atoms with Gasteiger partial charge in [-0.1, -0.05) is 34.8 Å². The van der Waals surface area contributed by atoms with Gasteiger partial charge in [-0.05, 0) is 0 Å². The fourth-order valence-electron chi connectivity index (χ4n) is 2.04. The first kappa shape index (κ1) is 19.1. The van der Waals surface area contributed by atoms with Gasteiger partial charge in [0.25, 0.3) is 9.70 Å². The van der Waals surface area contributed by atoms with E-state index in [0.717, 1.165) is 4.90 Å². The van der Waals surface area contributed by atoms with Crippen LogP contribution in [0.15, 0.2) is 11.3 Å². The molecule has 0 aliphatic carbocycles. The molecule has 2 aliphatic heterocycles. The van der Waals surface area contributed by atoms with E-state index in [1.54, 1.807) is 5.32 Å². The van der Waals surface area contributed by atoms with E-state index in [9.17, 15) is 24.3 Å². The van der Waals surface area contributed by atoms with Crippen LogP contribution in [0.1, 0.15) is 0 Å². The second-order valence-electron chi connectivity index (χ2n) is 4.72. The second-order valence-corrected chi connectivity index (χ2v) is 8.11. The molecule has 132 valence electrons. The van der Waals surface area contributed by atoms with E-state index in [1.807, 2.05) is 0 Å². The number of carboxylic acid groups (broad SMARTS) is 1. The van der Waals surface area contributed by atoms with Crippen LogP contribution in [0, 0.1) is 0 Å². The molecule has 3 amide bonds. The maximum Gasteiger partial charge on any atom is 0.414 e. The summed E-state index contributed by atoms with van der Waals surface area (Å²) in [6.07, 6.45) is -1.22. The number of carbonyl (C=O) groups is 4. The van der Waals surface area contributed by atoms with Crippen LogP contribution < -0.4 is 11.1 Å². The fraction of sp³-hybridized carbons (Fsp3) is 0.455. The minimum atomic E-state index is -2.35. The molecular weight excluding hydrogens is 409 g/mol. The van der Waals surface area contributed by atoms with Gasteiger partial charge in [-0.2, -0.15) is 0 Å². The highest BCUT2D eigenvalue weighted by Crippen LogP contribution is 2.39. The van der Waals surface area contributed by atoms with Gasteiger partial charge in [0.05, 0.1) is 0 Å². The molecule has 2 rings (SSSR count). The molecule has 13 heteroatoms. The predicted octanol–water partition coefficient (Wildman–Crippen LogP) is 0.191. The van der Waals surface area contributed by atoms with Crippen LogP contribution in [-0.2, 0) is 19.1 Å². The number of amides is 3. The summed E-state index contributed by atoms with van der Waals surface area (Å²) in [5.41, 5.74) is 5.50. The summed E-state index contributed by atoms with van der Waals surface area (Å²) in [5.74, 6) is -2.91. The first-order chi connectivity index (χ1) is 11.0. The monoisotopic (exact) mass is 417 g/mol. The summed E-state index contributed by atoms with van der Waals surface area (Å²) >= 11 is 17.1. The van der Waals surface area contributed by atoms with Crippen molar-refractivity contribution in [1.82, 2.24) is 10.2 Å². The number of β-lactam (4-membered cyclic amide) rings is 1. The highest BCUT2D eigenvalue weighted by Gasteiger charge is 2.51. The molecule has 2 aliphatic rings. The van der Waals surface area contributed by atoms with Crippen molar-refractivity contribution in [3.63, 3.8) is 0 Å². The summed E-state index contributed by atoms with van der Waals surface area (Å²) in [7, 11) is 0. The number of alkyl halides is 3. The third-order valence-electron chi connectivity index (χ3n) is 3.14. The molecule has 0 bridgehead atoms. The van der Waals surface area contributed by atoms with Crippen LogP contribution in [0.3, 0.4) is 0 Å². The minimum Gasteiger partial charge on any atom is -0.477 e. The average Bonchev–Trinajstić information content (AvgIpc) is 2.49. The molecule has 0 aromatic rings. The van der Waals surface area contributed by atoms with Gasteiger partial charge in [-0.3, -0.25) is 19.8 Å². The third kappa shape index (κ3) is 3.72. The number of carbonyl (C=O) groups excluding carboxylic acids is 3. The molecule has 4 N–H and O–H groups in total. The number of hydrogen-bond acceptors (Lipinski definition) is 7. The molecule has 2 atom stereocenters. The molecule has 24 heavy (non-hydrogen) atoms. The molecule has 2 heterocycles. The van der Waals surface area contributed by atoms with E-state index < -0.39 is 45.7 Å². The Kier molecular flexibility index (Phi) is 5.55. The first-order valence-electron chi connectivity index (χ1n) is 6.24. The lowest BCUT2D eigenvalue weighted by Crippen LogP contribution is -2.68. The summed E-state index contributed by atoms with van der Waals surface area (Å²) < 4.78 is 2.40. The Morgan fingerprint density at radius 1 is 1.42 bits per heavy atom. The molecule has 0 spiro atoms. The Bertz CT molecular complexity index is 649. The molecule has 0 aromatic carbocycles. The topological polar surface area (TPSA) is 139 Å². The van der Waals surface area contributed by atoms with Gasteiger partial charge < -0.3 is 15.6 Å². The van der Waals surface area contributed by atoms with Crippen molar-refractivity contribution in [3.8, 4) is 0 Å². The lowest BCUT2D eigenvalue weighted by atomic mass is 10.0. The lowest BCUT2D eigenvalue weighted by Gasteiger charge is -2.47. The van der Waals surface area contributed by atoms with Crippen LogP contribution in [-0.4, -0.2) is 61.5 Å². The number of hydrogen-bond donors (Lipinski definition) is 3. The number of nitrogens with two attached hydrogens (primary N) is 1. The Labute approximate surface area is 154 Å². The molecule has 1 fully saturated rings. The normalized spacial score (nSPS) is 23.3. The van der Waals surface area contributed by atoms with Crippen molar-refractivity contribution in [1.29, 1.82) is 0 Å². The number of nitrogens with zero attached hydrogens (tertiary/aromatic N) is 1. The maximum absolute atomic E-state index is 11.7. The Morgan fingerprint density at radius 2 is 2.04 bits per heavy atom. The van der Waals surface area contributed by atoms with E-state index in [0.29, 0.717) is 0 Å². The number of alkyl carbamates (subject to hydrolysis) is 1. The van der Waals surface area contributed by atoms with Crippen LogP contribution in [0.4, 0.5) is 4.79 Å². The quantitative estimate of drug-likeness (QED) is 0.436. The van der Waals surface area contributed by atoms with Crippen molar-refractivity contribution < 1.29 is 29.0 Å². The number of rotatable bonds is 3. The van der Waals surface area contributed by atoms with Crippen LogP contribution in [0.25, 0.3) is 0 Å². The number of halogens is 3. The molecule has 0 radical (unpaired) electrons. The summed E-state index contributed by atoms with van der Waals surface area (Å²) in [6, 6.07) is -0.767. The Balaban J connectivity index is 2.05. The van der Waals surface area contributed by atoms with Gasteiger partial charge in [-0.25, -0.2) is 9.59 Å². The van der Waals surface area contributed by atoms with Crippen molar-refractivity contribution in [2.24, 2.45) is 5.73 Å². The second kappa shape index (κ2) is 6.96. The number of carboxylic acids is 1. The fourth-order valence-corrected chi connectivity index (χ4v) is 3.46. The van der Waals surface area contributed by atoms with Gasteiger partial charge >= 0.3 is 12.1 Å². The summed E-state index contributed by atoms with van der Waals surface area (Å²) in [5, 5.41) is 10.5. The van der Waals surface area contributed by atoms with Crippen molar-refractivity contribution >= 4 is 70.4 Å². The number of aliphatic carboxylic acids is 1. The summed E-state index contributed by atoms with van der Waals surface area (Å²) in [6.45, 7) is -0.459. The smallest absolute Gasteiger partial charge is 0.414 e. The van der Waals surface area contributed by atoms with E-state index in [-0.39, 0.29) is 17.0 Å². The maximum atomic E-state index is 11.7. The minimum absolute atomic E-state index is 0.181. The molecule has 0 aromatic heterocycles. The van der Waals surface area contributed by atoms with E-state index in [1.165, 1.54) is 11.8 Å². The molecular formula is C11H10Cl3N3O6S. The standard InChI is InChI=1S/C11H10Cl3N3O6S/c12-11(13,14)9(21)16-10(22)23-1-3-2-24-7-4(15)6(18)17(7)5(3)8(19)20/h4,7H,1-2,15H2,(H,19,20)(H,16,21,22)/t4-,7-/m1/s1. The molecule has 9 nitrogen and oxygen atoms in total. The Morgan fingerprint density at radius 3 is 2.58 bits per heavy atom. The van der Waals surface area contributed by atoms with Gasteiger partial charge in [0.15, 0.2) is 0 Å². The highest BCUT2D eigenvalue weighted by molar-refractivity contribution is 8.00. The third-order valence-corrected chi connectivity index (χ3v) is 5.02. The number of ether oxygens (including phenoxy) is 1. The SMILES string of the molecule is N[C@@H]1C(=O)N2C(C(=O)O)=C(COC(=O)NC(=O)C(Cl)(Cl)Cl)CS[C@H]12. The van der Waals surface area contributed by atoms with Crippen molar-refractivity contribution in [2.75, 3.05) is 12.4 Å². The van der Waals surface area contributed by atoms with Crippen LogP contribution in [0.5, 0.6) is 0 Å². The van der Waals surface area contributed by atoms with E-state index in [4.69, 9.17) is 45.3 Å². The average molecular weight is 419 g/mol. The van der Waals surface area contributed by atoms with Crippen LogP contribution in [0.2, 0.25) is 0 Å². The zero-order chi connectivity index (χ0) is 18.2. The highest BCUT2D eigenvalue weighted by atomic mass is 35.6. The van der Waals surface area contributed by atoms with E-state index >= 15 is 0 Å². The Hall–Kier alpha value is -1.20. The lowest BCUT2D eigenvalue weighted by molar-refractivity contribution is -0.148. The number of nitrogens with one attached hydrogen (secondary N) is 1. The van der Waals surface area contributed by atoms with Gasteiger partial charge in [0.1, 0.15) is 23.7 Å². The van der Waals surface area contributed by atoms with Crippen molar-refractivity contribution in [2.45, 2.75) is 15.2 Å². The van der Waals surface area contributed by atoms with Gasteiger partial charge in [-0.15, -0.1) is 11.8 Å². The number of imide groups is 1. The number of fused-ring (bicyclic) bond motifs is 1. The summed E-state index contributed by atoms with van der Waals surface area (Å²) in [4.78, 5) is 47.0. The van der Waals surface area contributed by atoms with Gasteiger partial charge in [0, 0.05) is 11.3 Å². The zero-order valence-corrected chi connectivity index (χ0v) is 14.7. The number of thioether (sulfide) groups is 1. The van der Waals surface area contributed by atoms with Gasteiger partial charge in [0.2, 0.25) is 5.91 Å². The van der Waals surface area contributed by atoms with Crippen molar-refractivity contribution in [3.05, 3.63) is 11.3 Å². The molecule has 0 saturated carbocycles. The van der Waals surface area contributed by atoms with Crippen LogP contribution >= 0.6 is 46.6 Å². The van der Waals surface area contributed by atoms with E-state index in [2.05, 4.69) is 0 Å². The largest absolute Gasteiger partial charge is 0.477 e. The zero-order valence-electron chi connectivity index (χ0n) is 11.6.